The number of carbonyl (C=O) groups is 3. The molecule has 3 N–H and O–H groups in total. The smallest absolute Gasteiger partial charge is 0.408 e. The van der Waals surface area contributed by atoms with Crippen LogP contribution in [-0.4, -0.2) is 43.9 Å². The molecule has 0 fully saturated rings. The Balaban J connectivity index is 1.32. The third-order valence-corrected chi connectivity index (χ3v) is 6.00. The molecule has 0 saturated carbocycles. The number of nitrogens with one attached hydrogen (secondary N) is 3. The van der Waals surface area contributed by atoms with Crippen LogP contribution < -0.4 is 21.7 Å². The Labute approximate surface area is 215 Å². The van der Waals surface area contributed by atoms with Gasteiger partial charge in [-0.1, -0.05) is 18.2 Å². The van der Waals surface area contributed by atoms with Gasteiger partial charge in [0.25, 0.3) is 17.7 Å². The van der Waals surface area contributed by atoms with Gasteiger partial charge in [0.15, 0.2) is 11.2 Å². The van der Waals surface area contributed by atoms with Crippen LogP contribution in [0.4, 0.5) is 0 Å². The van der Waals surface area contributed by atoms with Gasteiger partial charge in [-0.2, -0.15) is 5.10 Å². The van der Waals surface area contributed by atoms with E-state index < -0.39 is 17.6 Å². The quantitative estimate of drug-likeness (QED) is 0.297. The highest BCUT2D eigenvalue weighted by Gasteiger charge is 2.18. The van der Waals surface area contributed by atoms with Crippen LogP contribution in [0.2, 0.25) is 0 Å². The number of amides is 3. The summed E-state index contributed by atoms with van der Waals surface area (Å²) in [4.78, 5) is 54.0. The number of hydrogen-bond donors (Lipinski definition) is 3. The molecule has 38 heavy (non-hydrogen) atoms. The van der Waals surface area contributed by atoms with Crippen LogP contribution in [0.5, 0.6) is 0 Å². The second kappa shape index (κ2) is 10.0. The molecule has 0 bridgehead atoms. The number of nitrogens with zero attached hydrogens (tertiary/aromatic N) is 4. The zero-order valence-corrected chi connectivity index (χ0v) is 20.5. The Kier molecular flexibility index (Phi) is 6.44. The van der Waals surface area contributed by atoms with Gasteiger partial charge in [0.1, 0.15) is 11.4 Å². The van der Waals surface area contributed by atoms with Gasteiger partial charge in [-0.25, -0.2) is 14.3 Å². The summed E-state index contributed by atoms with van der Waals surface area (Å²) in [7, 11) is 3.15. The van der Waals surface area contributed by atoms with Crippen LogP contribution in [0.1, 0.15) is 42.5 Å². The van der Waals surface area contributed by atoms with Gasteiger partial charge < -0.3 is 20.4 Å². The highest BCUT2D eigenvalue weighted by atomic mass is 16.4. The van der Waals surface area contributed by atoms with E-state index in [4.69, 9.17) is 4.42 Å². The van der Waals surface area contributed by atoms with E-state index >= 15 is 0 Å². The molecule has 0 spiro atoms. The maximum absolute atomic E-state index is 13.1. The molecule has 0 aliphatic carbocycles. The van der Waals surface area contributed by atoms with Crippen molar-refractivity contribution >= 4 is 34.5 Å². The molecule has 0 radical (unpaired) electrons. The van der Waals surface area contributed by atoms with E-state index in [0.29, 0.717) is 22.3 Å². The molecule has 0 saturated heterocycles. The average molecular weight is 514 g/mol. The van der Waals surface area contributed by atoms with E-state index in [9.17, 15) is 19.2 Å². The zero-order chi connectivity index (χ0) is 26.8. The number of aryl methyl sites for hydroxylation is 1. The highest BCUT2D eigenvalue weighted by Crippen LogP contribution is 2.15. The summed E-state index contributed by atoms with van der Waals surface area (Å²) in [5, 5.41) is 12.3. The van der Waals surface area contributed by atoms with Crippen molar-refractivity contribution in [2.75, 3.05) is 7.05 Å². The van der Waals surface area contributed by atoms with Crippen molar-refractivity contribution in [3.05, 3.63) is 99.4 Å². The van der Waals surface area contributed by atoms with Gasteiger partial charge >= 0.3 is 5.76 Å². The monoisotopic (exact) mass is 513 g/mol. The number of oxazole rings is 1. The molecule has 0 aliphatic heterocycles. The van der Waals surface area contributed by atoms with Gasteiger partial charge in [0.05, 0.1) is 11.7 Å². The van der Waals surface area contributed by atoms with E-state index in [2.05, 4.69) is 26.0 Å². The van der Waals surface area contributed by atoms with Crippen LogP contribution in [0.3, 0.4) is 0 Å². The number of rotatable bonds is 7. The van der Waals surface area contributed by atoms with Crippen molar-refractivity contribution in [1.29, 1.82) is 0 Å². The van der Waals surface area contributed by atoms with Gasteiger partial charge in [-0.05, 0) is 35.4 Å². The molecular formula is C26H23N7O5. The summed E-state index contributed by atoms with van der Waals surface area (Å²) in [6, 6.07) is 15.0. The van der Waals surface area contributed by atoms with E-state index in [1.165, 1.54) is 21.3 Å². The normalized spacial score (nSPS) is 11.0. The van der Waals surface area contributed by atoms with Crippen LogP contribution in [0, 0.1) is 0 Å². The van der Waals surface area contributed by atoms with Crippen molar-refractivity contribution in [2.24, 2.45) is 7.05 Å². The topological polar surface area (TPSA) is 153 Å². The molecule has 12 heteroatoms. The first-order chi connectivity index (χ1) is 18.3. The summed E-state index contributed by atoms with van der Waals surface area (Å²) in [5.74, 6) is -1.64. The fourth-order valence-corrected chi connectivity index (χ4v) is 3.99. The fourth-order valence-electron chi connectivity index (χ4n) is 3.99. The first-order valence-corrected chi connectivity index (χ1v) is 11.6. The molecule has 5 aromatic rings. The molecule has 0 aliphatic rings. The van der Waals surface area contributed by atoms with E-state index in [-0.39, 0.29) is 30.4 Å². The number of aromatic nitrogens is 4. The summed E-state index contributed by atoms with van der Waals surface area (Å²) >= 11 is 0. The second-order valence-electron chi connectivity index (χ2n) is 8.50. The van der Waals surface area contributed by atoms with E-state index in [1.807, 2.05) is 0 Å². The molecule has 0 atom stereocenters. The van der Waals surface area contributed by atoms with Crippen molar-refractivity contribution in [3.8, 4) is 0 Å². The van der Waals surface area contributed by atoms with Gasteiger partial charge in [0.2, 0.25) is 0 Å². The van der Waals surface area contributed by atoms with Crippen LogP contribution in [0.15, 0.2) is 70.0 Å². The van der Waals surface area contributed by atoms with Crippen molar-refractivity contribution in [3.63, 3.8) is 0 Å². The fraction of sp³-hybridized carbons (Fsp3) is 0.154. The maximum atomic E-state index is 13.1. The summed E-state index contributed by atoms with van der Waals surface area (Å²) < 4.78 is 7.87. The van der Waals surface area contributed by atoms with Gasteiger partial charge in [-0.3, -0.25) is 19.0 Å². The number of carbonyl (C=O) groups excluding carboxylic acids is 3. The average Bonchev–Trinajstić information content (AvgIpc) is 3.53. The Morgan fingerprint density at radius 2 is 1.68 bits per heavy atom. The largest absolute Gasteiger partial charge is 0.419 e. The Bertz CT molecular complexity index is 1770. The molecule has 12 nitrogen and oxygen atoms in total. The van der Waals surface area contributed by atoms with E-state index in [0.717, 1.165) is 11.1 Å². The molecule has 2 aromatic carbocycles. The summed E-state index contributed by atoms with van der Waals surface area (Å²) in [6.45, 7) is 0.332. The SMILES string of the molecule is CNC(=O)c1cccc(CNC(=O)c2cc(C(=O)NCc3ccc4oc(=O)n(C)c4c3)nc3ccnn23)c1. The van der Waals surface area contributed by atoms with Gasteiger partial charge in [-0.15, -0.1) is 0 Å². The molecule has 3 heterocycles. The lowest BCUT2D eigenvalue weighted by atomic mass is 10.1. The number of hydrogen-bond acceptors (Lipinski definition) is 7. The lowest BCUT2D eigenvalue weighted by Crippen LogP contribution is -2.28. The zero-order valence-electron chi connectivity index (χ0n) is 20.5. The molecular weight excluding hydrogens is 490 g/mol. The number of benzene rings is 2. The van der Waals surface area contributed by atoms with Crippen molar-refractivity contribution in [2.45, 2.75) is 13.1 Å². The van der Waals surface area contributed by atoms with Crippen LogP contribution in [-0.2, 0) is 20.1 Å². The number of fused-ring (bicyclic) bond motifs is 2. The first kappa shape index (κ1) is 24.4. The second-order valence-corrected chi connectivity index (χ2v) is 8.50. The Morgan fingerprint density at radius 1 is 0.921 bits per heavy atom. The van der Waals surface area contributed by atoms with Crippen LogP contribution in [0.25, 0.3) is 16.7 Å². The third-order valence-electron chi connectivity index (χ3n) is 6.00. The lowest BCUT2D eigenvalue weighted by Gasteiger charge is -2.10. The minimum Gasteiger partial charge on any atom is -0.408 e. The third kappa shape index (κ3) is 4.74. The van der Waals surface area contributed by atoms with Crippen LogP contribution >= 0.6 is 0 Å². The summed E-state index contributed by atoms with van der Waals surface area (Å²) in [5.41, 5.74) is 3.53. The lowest BCUT2D eigenvalue weighted by molar-refractivity contribution is 0.0939. The predicted octanol–water partition coefficient (Wildman–Crippen LogP) is 1.39. The highest BCUT2D eigenvalue weighted by molar-refractivity contribution is 5.98. The Hall–Kier alpha value is -5.26. The summed E-state index contributed by atoms with van der Waals surface area (Å²) in [6.07, 6.45) is 1.48. The Morgan fingerprint density at radius 3 is 2.47 bits per heavy atom. The van der Waals surface area contributed by atoms with Crippen molar-refractivity contribution in [1.82, 2.24) is 35.1 Å². The first-order valence-electron chi connectivity index (χ1n) is 11.6. The molecule has 3 amide bonds. The molecule has 192 valence electrons. The van der Waals surface area contributed by atoms with Crippen molar-refractivity contribution < 1.29 is 18.8 Å². The maximum Gasteiger partial charge on any atom is 0.419 e. The standard InChI is InChI=1S/C26H23N7O5/c1-27-23(34)17-5-3-4-15(10-17)13-29-25(36)20-12-18(31-22-8-9-30-33(20)22)24(35)28-14-16-6-7-21-19(11-16)32(2)26(37)38-21/h3-12H,13-14H2,1-2H3,(H,27,34)(H,28,35)(H,29,36). The van der Waals surface area contributed by atoms with E-state index in [1.54, 1.807) is 62.6 Å². The molecule has 0 unspecified atom stereocenters. The minimum atomic E-state index is -0.484. The molecule has 3 aromatic heterocycles. The van der Waals surface area contributed by atoms with Gasteiger partial charge in [0, 0.05) is 44.9 Å². The molecule has 5 rings (SSSR count). The minimum absolute atomic E-state index is 0.0431. The predicted molar refractivity (Wildman–Crippen MR) is 137 cm³/mol.